The largest absolute Gasteiger partial charge is 0.444 e. The Hall–Kier alpha value is -0.810. The van der Waals surface area contributed by atoms with Crippen LogP contribution in [-0.4, -0.2) is 54.5 Å². The van der Waals surface area contributed by atoms with Crippen molar-refractivity contribution in [1.82, 2.24) is 10.2 Å². The van der Waals surface area contributed by atoms with Gasteiger partial charge in [0.05, 0.1) is 6.61 Å². The van der Waals surface area contributed by atoms with Gasteiger partial charge in [-0.25, -0.2) is 4.79 Å². The topological polar surface area (TPSA) is 61.8 Å². The molecule has 2 aliphatic heterocycles. The average molecular weight is 242 g/mol. The van der Waals surface area contributed by atoms with Crippen LogP contribution in [0.5, 0.6) is 0 Å². The number of rotatable bonds is 1. The van der Waals surface area contributed by atoms with Gasteiger partial charge in [0.2, 0.25) is 0 Å². The van der Waals surface area contributed by atoms with Crippen LogP contribution in [0.15, 0.2) is 0 Å². The summed E-state index contributed by atoms with van der Waals surface area (Å²) in [7, 11) is 0. The maximum absolute atomic E-state index is 12.0. The van der Waals surface area contributed by atoms with Gasteiger partial charge in [0.15, 0.2) is 0 Å². The van der Waals surface area contributed by atoms with E-state index in [-0.39, 0.29) is 18.1 Å². The van der Waals surface area contributed by atoms with Crippen molar-refractivity contribution in [3.8, 4) is 0 Å². The first-order chi connectivity index (χ1) is 7.86. The van der Waals surface area contributed by atoms with Crippen LogP contribution in [0.4, 0.5) is 4.79 Å². The van der Waals surface area contributed by atoms with Gasteiger partial charge in [-0.2, -0.15) is 0 Å². The minimum atomic E-state index is -0.459. The Morgan fingerprint density at radius 2 is 2.29 bits per heavy atom. The SMILES string of the molecule is CC(C)(C)OC(=O)N1CC2CNC[C@]2(CO)C1. The summed E-state index contributed by atoms with van der Waals surface area (Å²) in [4.78, 5) is 13.7. The Labute approximate surface area is 102 Å². The number of amides is 1. The van der Waals surface area contributed by atoms with Gasteiger partial charge in [0, 0.05) is 31.6 Å². The monoisotopic (exact) mass is 242 g/mol. The molecule has 0 aliphatic carbocycles. The second-order valence-corrected chi connectivity index (χ2v) is 6.21. The Kier molecular flexibility index (Phi) is 3.08. The molecule has 2 atom stereocenters. The van der Waals surface area contributed by atoms with Crippen LogP contribution >= 0.6 is 0 Å². The molecule has 0 aromatic rings. The molecule has 5 heteroatoms. The third kappa shape index (κ3) is 2.40. The Morgan fingerprint density at radius 1 is 1.59 bits per heavy atom. The summed E-state index contributed by atoms with van der Waals surface area (Å²) >= 11 is 0. The van der Waals surface area contributed by atoms with Crippen LogP contribution in [0, 0.1) is 11.3 Å². The molecule has 2 heterocycles. The fourth-order valence-corrected chi connectivity index (χ4v) is 2.71. The maximum atomic E-state index is 12.0. The molecule has 1 unspecified atom stereocenters. The van der Waals surface area contributed by atoms with E-state index in [1.807, 2.05) is 20.8 Å². The number of hydrogen-bond donors (Lipinski definition) is 2. The summed E-state index contributed by atoms with van der Waals surface area (Å²) < 4.78 is 5.36. The third-order valence-electron chi connectivity index (χ3n) is 3.65. The maximum Gasteiger partial charge on any atom is 0.410 e. The number of aliphatic hydroxyl groups excluding tert-OH is 1. The van der Waals surface area contributed by atoms with E-state index < -0.39 is 5.60 Å². The highest BCUT2D eigenvalue weighted by molar-refractivity contribution is 5.68. The molecular weight excluding hydrogens is 220 g/mol. The van der Waals surface area contributed by atoms with Crippen LogP contribution in [-0.2, 0) is 4.74 Å². The minimum Gasteiger partial charge on any atom is -0.444 e. The van der Waals surface area contributed by atoms with Crippen molar-refractivity contribution in [1.29, 1.82) is 0 Å². The molecule has 5 nitrogen and oxygen atoms in total. The quantitative estimate of drug-likeness (QED) is 0.700. The first-order valence-electron chi connectivity index (χ1n) is 6.16. The van der Waals surface area contributed by atoms with E-state index in [1.165, 1.54) is 0 Å². The first-order valence-corrected chi connectivity index (χ1v) is 6.16. The molecule has 98 valence electrons. The van der Waals surface area contributed by atoms with Gasteiger partial charge in [-0.1, -0.05) is 0 Å². The average Bonchev–Trinajstić information content (AvgIpc) is 2.70. The Bertz CT molecular complexity index is 313. The second-order valence-electron chi connectivity index (χ2n) is 6.21. The highest BCUT2D eigenvalue weighted by Crippen LogP contribution is 2.38. The lowest BCUT2D eigenvalue weighted by molar-refractivity contribution is 0.0256. The van der Waals surface area contributed by atoms with E-state index in [0.29, 0.717) is 19.0 Å². The lowest BCUT2D eigenvalue weighted by atomic mass is 9.82. The standard InChI is InChI=1S/C12H22N2O3/c1-11(2,3)17-10(16)14-5-9-4-13-6-12(9,7-14)8-15/h9,13,15H,4-8H2,1-3H3/t9?,12-/m1/s1. The van der Waals surface area contributed by atoms with Gasteiger partial charge in [0.1, 0.15) is 5.60 Å². The van der Waals surface area contributed by atoms with Crippen LogP contribution < -0.4 is 5.32 Å². The number of ether oxygens (including phenoxy) is 1. The van der Waals surface area contributed by atoms with E-state index >= 15 is 0 Å². The van der Waals surface area contributed by atoms with Gasteiger partial charge in [0.25, 0.3) is 0 Å². The molecule has 0 saturated carbocycles. The van der Waals surface area contributed by atoms with Crippen LogP contribution in [0.1, 0.15) is 20.8 Å². The molecule has 2 fully saturated rings. The molecule has 2 aliphatic rings. The molecule has 0 radical (unpaired) electrons. The highest BCUT2D eigenvalue weighted by atomic mass is 16.6. The molecule has 0 aromatic heterocycles. The summed E-state index contributed by atoms with van der Waals surface area (Å²) in [6.07, 6.45) is -0.264. The van der Waals surface area contributed by atoms with E-state index in [4.69, 9.17) is 4.74 Å². The molecule has 1 amide bonds. The number of hydrogen-bond acceptors (Lipinski definition) is 4. The summed E-state index contributed by atoms with van der Waals surface area (Å²) in [6, 6.07) is 0. The molecule has 2 saturated heterocycles. The zero-order valence-corrected chi connectivity index (χ0v) is 10.8. The van der Waals surface area contributed by atoms with E-state index in [9.17, 15) is 9.90 Å². The van der Waals surface area contributed by atoms with E-state index in [2.05, 4.69) is 5.32 Å². The fourth-order valence-electron chi connectivity index (χ4n) is 2.71. The zero-order chi connectivity index (χ0) is 12.7. The second kappa shape index (κ2) is 4.14. The van der Waals surface area contributed by atoms with Crippen molar-refractivity contribution < 1.29 is 14.6 Å². The molecule has 2 N–H and O–H groups in total. The summed E-state index contributed by atoms with van der Waals surface area (Å²) in [5, 5.41) is 12.8. The Balaban J connectivity index is 2.00. The molecule has 17 heavy (non-hydrogen) atoms. The number of likely N-dealkylation sites (tertiary alicyclic amines) is 1. The number of nitrogens with zero attached hydrogens (tertiary/aromatic N) is 1. The zero-order valence-electron chi connectivity index (χ0n) is 10.8. The van der Waals surface area contributed by atoms with Crippen molar-refractivity contribution >= 4 is 6.09 Å². The number of carbonyl (C=O) groups is 1. The van der Waals surface area contributed by atoms with Crippen molar-refractivity contribution in [2.45, 2.75) is 26.4 Å². The normalized spacial score (nSPS) is 32.7. The summed E-state index contributed by atoms with van der Waals surface area (Å²) in [5.74, 6) is 0.347. The van der Waals surface area contributed by atoms with Gasteiger partial charge >= 0.3 is 6.09 Å². The first kappa shape index (κ1) is 12.6. The number of aliphatic hydroxyl groups is 1. The van der Waals surface area contributed by atoms with Crippen LogP contribution in [0.3, 0.4) is 0 Å². The number of carbonyl (C=O) groups excluding carboxylic acids is 1. The van der Waals surface area contributed by atoms with Crippen molar-refractivity contribution in [2.24, 2.45) is 11.3 Å². The Morgan fingerprint density at radius 3 is 2.82 bits per heavy atom. The number of fused-ring (bicyclic) bond motifs is 1. The van der Waals surface area contributed by atoms with Gasteiger partial charge in [-0.15, -0.1) is 0 Å². The van der Waals surface area contributed by atoms with Crippen molar-refractivity contribution in [3.05, 3.63) is 0 Å². The molecule has 2 rings (SSSR count). The summed E-state index contributed by atoms with van der Waals surface area (Å²) in [6.45, 7) is 8.66. The smallest absolute Gasteiger partial charge is 0.410 e. The fraction of sp³-hybridized carbons (Fsp3) is 0.917. The lowest BCUT2D eigenvalue weighted by Gasteiger charge is -2.27. The predicted octanol–water partition coefficient (Wildman–Crippen LogP) is 0.435. The highest BCUT2D eigenvalue weighted by Gasteiger charge is 2.51. The molecule has 0 aromatic carbocycles. The van der Waals surface area contributed by atoms with Gasteiger partial charge < -0.3 is 20.1 Å². The molecule has 0 spiro atoms. The van der Waals surface area contributed by atoms with Crippen LogP contribution in [0.2, 0.25) is 0 Å². The van der Waals surface area contributed by atoms with Crippen LogP contribution in [0.25, 0.3) is 0 Å². The van der Waals surface area contributed by atoms with E-state index in [0.717, 1.165) is 13.1 Å². The van der Waals surface area contributed by atoms with Crippen molar-refractivity contribution in [2.75, 3.05) is 32.8 Å². The summed E-state index contributed by atoms with van der Waals surface area (Å²) in [5.41, 5.74) is -0.615. The predicted molar refractivity (Wildman–Crippen MR) is 63.7 cm³/mol. The molecular formula is C12H22N2O3. The van der Waals surface area contributed by atoms with E-state index in [1.54, 1.807) is 4.90 Å². The van der Waals surface area contributed by atoms with Gasteiger partial charge in [-0.05, 0) is 26.7 Å². The molecule has 0 bridgehead atoms. The number of nitrogens with one attached hydrogen (secondary N) is 1. The third-order valence-corrected chi connectivity index (χ3v) is 3.65. The van der Waals surface area contributed by atoms with Crippen molar-refractivity contribution in [3.63, 3.8) is 0 Å². The lowest BCUT2D eigenvalue weighted by Crippen LogP contribution is -2.40. The minimum absolute atomic E-state index is 0.129. The van der Waals surface area contributed by atoms with Gasteiger partial charge in [-0.3, -0.25) is 0 Å².